The molecule has 0 fully saturated rings. The lowest BCUT2D eigenvalue weighted by atomic mass is 10.0. The van der Waals surface area contributed by atoms with Gasteiger partial charge in [-0.05, 0) is 38.5 Å². The Morgan fingerprint density at radius 2 is 1.92 bits per heavy atom. The molecule has 7 heteroatoms. The Labute approximate surface area is 143 Å². The molecule has 0 amide bonds. The molecule has 0 spiro atoms. The smallest absolute Gasteiger partial charge is 0.346 e. The number of nitrogens with zero attached hydrogens (tertiary/aromatic N) is 4. The van der Waals surface area contributed by atoms with Crippen molar-refractivity contribution >= 4 is 17.3 Å². The van der Waals surface area contributed by atoms with Crippen molar-refractivity contribution < 1.29 is 14.0 Å². The standard InChI is InChI=1S/C18H18N5O2/c1-4-25-18(24)14-7-5-13(6-8-14)15-11(2)22-17-16(19-9-10-20-17)21-23(22)12(15)3/h5-10H,4H2,1-3H3,(H,19,21)/q+1. The van der Waals surface area contributed by atoms with Gasteiger partial charge in [-0.15, -0.1) is 9.50 Å². The van der Waals surface area contributed by atoms with Crippen LogP contribution in [-0.2, 0) is 4.74 Å². The van der Waals surface area contributed by atoms with E-state index in [0.29, 0.717) is 12.2 Å². The summed E-state index contributed by atoms with van der Waals surface area (Å²) in [4.78, 5) is 20.6. The van der Waals surface area contributed by atoms with Gasteiger partial charge in [-0.2, -0.15) is 5.10 Å². The van der Waals surface area contributed by atoms with Crippen LogP contribution in [0.2, 0.25) is 0 Å². The van der Waals surface area contributed by atoms with Gasteiger partial charge in [0.2, 0.25) is 0 Å². The third-order valence-electron chi connectivity index (χ3n) is 4.34. The van der Waals surface area contributed by atoms with Crippen LogP contribution in [0.25, 0.3) is 22.4 Å². The molecule has 0 saturated carbocycles. The van der Waals surface area contributed by atoms with Crippen LogP contribution in [0.1, 0.15) is 28.7 Å². The molecule has 4 rings (SSSR count). The van der Waals surface area contributed by atoms with Gasteiger partial charge >= 0.3 is 11.6 Å². The number of H-pyrrole nitrogens is 1. The summed E-state index contributed by atoms with van der Waals surface area (Å²) in [5.41, 5.74) is 6.28. The molecule has 1 aromatic carbocycles. The third kappa shape index (κ3) is 2.27. The number of esters is 1. The number of aromatic amines is 1. The van der Waals surface area contributed by atoms with E-state index < -0.39 is 0 Å². The van der Waals surface area contributed by atoms with Gasteiger partial charge in [0.15, 0.2) is 0 Å². The SMILES string of the molecule is CCOC(=O)c1ccc(-c2c(C)n3[nH]c4nccnc4[n+]3c2C)cc1. The molecule has 3 heterocycles. The molecule has 7 nitrogen and oxygen atoms in total. The van der Waals surface area contributed by atoms with Crippen LogP contribution in [0.4, 0.5) is 0 Å². The Balaban J connectivity index is 1.85. The Morgan fingerprint density at radius 3 is 2.64 bits per heavy atom. The van der Waals surface area contributed by atoms with Gasteiger partial charge in [-0.25, -0.2) is 9.78 Å². The van der Waals surface area contributed by atoms with Crippen molar-refractivity contribution in [3.05, 3.63) is 53.6 Å². The van der Waals surface area contributed by atoms with Gasteiger partial charge in [-0.1, -0.05) is 16.8 Å². The molecule has 1 N–H and O–H groups in total. The second kappa shape index (κ2) is 5.70. The van der Waals surface area contributed by atoms with Gasteiger partial charge in [0.05, 0.1) is 24.1 Å². The zero-order valence-corrected chi connectivity index (χ0v) is 14.3. The number of nitrogens with one attached hydrogen (secondary N) is 1. The van der Waals surface area contributed by atoms with Gasteiger partial charge in [-0.3, -0.25) is 0 Å². The summed E-state index contributed by atoms with van der Waals surface area (Å²) < 4.78 is 8.98. The third-order valence-corrected chi connectivity index (χ3v) is 4.34. The van der Waals surface area contributed by atoms with E-state index in [4.69, 9.17) is 4.74 Å². The first-order valence-electron chi connectivity index (χ1n) is 8.12. The molecule has 25 heavy (non-hydrogen) atoms. The fourth-order valence-corrected chi connectivity index (χ4v) is 3.23. The maximum Gasteiger partial charge on any atom is 0.346 e. The van der Waals surface area contributed by atoms with Crippen molar-refractivity contribution in [2.45, 2.75) is 20.8 Å². The van der Waals surface area contributed by atoms with Crippen LogP contribution in [0, 0.1) is 13.8 Å². The lowest BCUT2D eigenvalue weighted by molar-refractivity contribution is -0.601. The van der Waals surface area contributed by atoms with E-state index in [1.54, 1.807) is 31.5 Å². The number of aryl methyl sites for hydroxylation is 2. The van der Waals surface area contributed by atoms with Crippen LogP contribution in [0.3, 0.4) is 0 Å². The molecular formula is C18H18N5O2+. The van der Waals surface area contributed by atoms with E-state index in [1.807, 2.05) is 35.1 Å². The number of hydrogen-bond acceptors (Lipinski definition) is 4. The van der Waals surface area contributed by atoms with Crippen molar-refractivity contribution in [1.82, 2.24) is 19.7 Å². The number of aromatic nitrogens is 5. The summed E-state index contributed by atoms with van der Waals surface area (Å²) in [5.74, 6) is -0.304. The zero-order chi connectivity index (χ0) is 17.6. The first-order chi connectivity index (χ1) is 12.1. The number of hydrogen-bond donors (Lipinski definition) is 1. The number of fused-ring (bicyclic) bond motifs is 3. The van der Waals surface area contributed by atoms with E-state index in [1.165, 1.54) is 0 Å². The van der Waals surface area contributed by atoms with Crippen molar-refractivity contribution in [2.75, 3.05) is 6.61 Å². The second-order valence-corrected chi connectivity index (χ2v) is 5.81. The van der Waals surface area contributed by atoms with Gasteiger partial charge in [0.25, 0.3) is 5.65 Å². The fraction of sp³-hybridized carbons (Fsp3) is 0.222. The van der Waals surface area contributed by atoms with Crippen molar-refractivity contribution in [3.63, 3.8) is 0 Å². The summed E-state index contributed by atoms with van der Waals surface area (Å²) in [6.07, 6.45) is 3.34. The van der Waals surface area contributed by atoms with Crippen molar-refractivity contribution in [1.29, 1.82) is 0 Å². The Morgan fingerprint density at radius 1 is 1.20 bits per heavy atom. The second-order valence-electron chi connectivity index (χ2n) is 5.81. The van der Waals surface area contributed by atoms with Crippen LogP contribution in [0.15, 0.2) is 36.7 Å². The number of benzene rings is 1. The van der Waals surface area contributed by atoms with Gasteiger partial charge < -0.3 is 4.74 Å². The molecule has 0 radical (unpaired) electrons. The zero-order valence-electron chi connectivity index (χ0n) is 14.3. The largest absolute Gasteiger partial charge is 0.462 e. The van der Waals surface area contributed by atoms with Gasteiger partial charge in [0, 0.05) is 5.56 Å². The Bertz CT molecular complexity index is 1090. The maximum absolute atomic E-state index is 11.8. The predicted molar refractivity (Wildman–Crippen MR) is 91.4 cm³/mol. The molecule has 0 saturated heterocycles. The monoisotopic (exact) mass is 336 g/mol. The Kier molecular flexibility index (Phi) is 3.49. The van der Waals surface area contributed by atoms with Crippen molar-refractivity contribution in [3.8, 4) is 11.1 Å². The number of carbonyl (C=O) groups is 1. The molecule has 0 unspecified atom stereocenters. The van der Waals surface area contributed by atoms with E-state index in [9.17, 15) is 4.79 Å². The molecule has 0 bridgehead atoms. The van der Waals surface area contributed by atoms with E-state index in [2.05, 4.69) is 15.1 Å². The number of ether oxygens (including phenoxy) is 1. The maximum atomic E-state index is 11.8. The molecule has 3 aromatic heterocycles. The highest BCUT2D eigenvalue weighted by atomic mass is 16.5. The van der Waals surface area contributed by atoms with Crippen LogP contribution < -0.4 is 4.52 Å². The molecule has 0 aliphatic heterocycles. The molecule has 0 aliphatic carbocycles. The normalized spacial score (nSPS) is 11.3. The lowest BCUT2D eigenvalue weighted by Crippen LogP contribution is -2.29. The average molecular weight is 336 g/mol. The van der Waals surface area contributed by atoms with Crippen molar-refractivity contribution in [2.24, 2.45) is 0 Å². The summed E-state index contributed by atoms with van der Waals surface area (Å²) in [7, 11) is 0. The molecule has 126 valence electrons. The van der Waals surface area contributed by atoms with Crippen LogP contribution >= 0.6 is 0 Å². The molecular weight excluding hydrogens is 318 g/mol. The quantitative estimate of drug-likeness (QED) is 0.460. The lowest BCUT2D eigenvalue weighted by Gasteiger charge is -2.04. The fourth-order valence-electron chi connectivity index (χ4n) is 3.23. The van der Waals surface area contributed by atoms with E-state index in [0.717, 1.165) is 33.8 Å². The van der Waals surface area contributed by atoms with Crippen LogP contribution in [-0.4, -0.2) is 32.3 Å². The minimum absolute atomic E-state index is 0.304. The molecule has 0 aliphatic rings. The highest BCUT2D eigenvalue weighted by molar-refractivity contribution is 5.90. The minimum Gasteiger partial charge on any atom is -0.462 e. The first kappa shape index (κ1) is 15.3. The Hall–Kier alpha value is -3.22. The summed E-state index contributed by atoms with van der Waals surface area (Å²) in [6, 6.07) is 7.46. The average Bonchev–Trinajstić information content (AvgIpc) is 3.12. The minimum atomic E-state index is -0.304. The molecule has 0 atom stereocenters. The van der Waals surface area contributed by atoms with Crippen LogP contribution in [0.5, 0.6) is 0 Å². The number of carbonyl (C=O) groups excluding carboxylic acids is 1. The van der Waals surface area contributed by atoms with E-state index in [-0.39, 0.29) is 5.97 Å². The first-order valence-corrected chi connectivity index (χ1v) is 8.12. The summed E-state index contributed by atoms with van der Waals surface area (Å²) >= 11 is 0. The predicted octanol–water partition coefficient (Wildman–Crippen LogP) is 2.26. The van der Waals surface area contributed by atoms with E-state index >= 15 is 0 Å². The summed E-state index contributed by atoms with van der Waals surface area (Å²) in [6.45, 7) is 6.25. The summed E-state index contributed by atoms with van der Waals surface area (Å²) in [5, 5.41) is 3.26. The molecule has 4 aromatic rings. The van der Waals surface area contributed by atoms with Gasteiger partial charge in [0.1, 0.15) is 11.9 Å². The topological polar surface area (TPSA) is 76.4 Å². The highest BCUT2D eigenvalue weighted by Gasteiger charge is 2.24. The highest BCUT2D eigenvalue weighted by Crippen LogP contribution is 2.26. The number of rotatable bonds is 3.